The summed E-state index contributed by atoms with van der Waals surface area (Å²) in [6, 6.07) is 4.40. The maximum Gasteiger partial charge on any atom is 1.00 e. The fraction of sp³-hybridized carbons (Fsp3) is 0.500. The molecule has 0 radical (unpaired) electrons. The summed E-state index contributed by atoms with van der Waals surface area (Å²) in [5.74, 6) is 0.597. The topological polar surface area (TPSA) is 12.4 Å². The monoisotopic (exact) mass is 467 g/mol. The third-order valence-corrected chi connectivity index (χ3v) is 5.79. The molecule has 1 aromatic heterocycles. The molecule has 1 atom stereocenters. The minimum atomic E-state index is 0. The molecule has 172 valence electrons. The van der Waals surface area contributed by atoms with Crippen LogP contribution in [-0.4, -0.2) is 6.21 Å². The predicted molar refractivity (Wildman–Crippen MR) is 144 cm³/mol. The van der Waals surface area contributed by atoms with Crippen molar-refractivity contribution in [1.29, 1.82) is 0 Å². The summed E-state index contributed by atoms with van der Waals surface area (Å²) >= 11 is 1.83. The van der Waals surface area contributed by atoms with Gasteiger partial charge in [-0.05, 0) is 68.9 Å². The molecule has 0 aromatic carbocycles. The summed E-state index contributed by atoms with van der Waals surface area (Å²) in [4.78, 5) is 7.39. The fourth-order valence-corrected chi connectivity index (χ4v) is 3.57. The Morgan fingerprint density at radius 2 is 1.81 bits per heavy atom. The first-order chi connectivity index (χ1) is 13.9. The van der Waals surface area contributed by atoms with E-state index in [9.17, 15) is 0 Å². The number of rotatable bonds is 11. The summed E-state index contributed by atoms with van der Waals surface area (Å²) < 4.78 is 0. The van der Waals surface area contributed by atoms with Crippen LogP contribution in [0.25, 0.3) is 11.8 Å². The van der Waals surface area contributed by atoms with Crippen LogP contribution in [-0.2, 0) is 0 Å². The SMILES string of the molecule is [CH2-]CC.[CH2-]CCCC(C)/C(C)=C/C=N/C(=C(\C)CC)c1ccc(/C=C\CCC)s1.[CH3-].[K+]. The molecule has 0 aliphatic carbocycles. The van der Waals surface area contributed by atoms with Gasteiger partial charge >= 0.3 is 51.4 Å². The summed E-state index contributed by atoms with van der Waals surface area (Å²) in [5.41, 5.74) is 3.86. The Balaban J connectivity index is -0.00000148. The van der Waals surface area contributed by atoms with Gasteiger partial charge in [-0.2, -0.15) is 12.8 Å². The number of allylic oxidation sites excluding steroid dienone is 4. The summed E-state index contributed by atoms with van der Waals surface area (Å²) in [6.45, 7) is 20.5. The fourth-order valence-electron chi connectivity index (χ4n) is 2.56. The third-order valence-electron chi connectivity index (χ3n) is 4.74. The smallest absolute Gasteiger partial charge is 0.358 e. The Bertz CT molecular complexity index is 664. The zero-order valence-electron chi connectivity index (χ0n) is 21.8. The van der Waals surface area contributed by atoms with Crippen molar-refractivity contribution in [2.45, 2.75) is 86.5 Å². The molecule has 0 bridgehead atoms. The molecule has 0 saturated carbocycles. The molecule has 3 heteroatoms. The molecule has 0 spiro atoms. The Labute approximate surface area is 242 Å². The number of aliphatic imine (C=N–C) groups is 1. The second-order valence-corrected chi connectivity index (χ2v) is 8.58. The predicted octanol–water partition coefficient (Wildman–Crippen LogP) is 7.04. The van der Waals surface area contributed by atoms with Gasteiger partial charge < -0.3 is 21.3 Å². The Hall–Kier alpha value is 0.226. The van der Waals surface area contributed by atoms with Gasteiger partial charge in [0.05, 0.1) is 10.6 Å². The first-order valence-corrected chi connectivity index (χ1v) is 12.0. The van der Waals surface area contributed by atoms with Gasteiger partial charge in [0.15, 0.2) is 0 Å². The van der Waals surface area contributed by atoms with Gasteiger partial charge in [-0.3, -0.25) is 4.99 Å². The van der Waals surface area contributed by atoms with E-state index in [0.29, 0.717) is 5.92 Å². The van der Waals surface area contributed by atoms with E-state index in [-0.39, 0.29) is 58.8 Å². The van der Waals surface area contributed by atoms with Gasteiger partial charge in [0.2, 0.25) is 0 Å². The maximum atomic E-state index is 4.83. The standard InChI is InChI=1S/C24H36NS.C3H7.CH3.K/c1-7-10-12-14-22-15-16-23(26-22)24(19(4)9-3)25-18-17-21(6)20(5)13-11-8-2;1-3-2;;/h12,14-18,20H,2,7-11,13H2,1,3-6H3;1,3H2,2H3;1H3;/q3*-1;+1/b14-12-,21-17+,24-19+,25-18+;;;. The number of unbranched alkanes of at least 4 members (excludes halogenated alkanes) is 2. The van der Waals surface area contributed by atoms with Crippen LogP contribution in [0.3, 0.4) is 0 Å². The molecule has 31 heavy (non-hydrogen) atoms. The minimum absolute atomic E-state index is 0. The first-order valence-electron chi connectivity index (χ1n) is 11.2. The molecule has 1 aromatic rings. The van der Waals surface area contributed by atoms with Crippen LogP contribution in [0.15, 0.2) is 40.4 Å². The molecule has 1 heterocycles. The van der Waals surface area contributed by atoms with Crippen molar-refractivity contribution in [2.24, 2.45) is 10.9 Å². The van der Waals surface area contributed by atoms with Crippen LogP contribution in [0.4, 0.5) is 0 Å². The molecule has 0 aliphatic heterocycles. The number of hydrogen-bond acceptors (Lipinski definition) is 2. The van der Waals surface area contributed by atoms with Crippen molar-refractivity contribution < 1.29 is 51.4 Å². The Kier molecular flexibility index (Phi) is 27.0. The Morgan fingerprint density at radius 3 is 2.35 bits per heavy atom. The summed E-state index contributed by atoms with van der Waals surface area (Å²) in [7, 11) is 0. The van der Waals surface area contributed by atoms with Crippen LogP contribution >= 0.6 is 11.3 Å². The van der Waals surface area contributed by atoms with E-state index < -0.39 is 0 Å². The second kappa shape index (κ2) is 23.4. The van der Waals surface area contributed by atoms with Gasteiger partial charge in [-0.25, -0.2) is 0 Å². The van der Waals surface area contributed by atoms with Crippen LogP contribution in [0.2, 0.25) is 0 Å². The molecule has 0 saturated heterocycles. The molecular weight excluding hydrogens is 421 g/mol. The van der Waals surface area contributed by atoms with Crippen molar-refractivity contribution in [3.8, 4) is 0 Å². The van der Waals surface area contributed by atoms with Crippen molar-refractivity contribution in [1.82, 2.24) is 0 Å². The van der Waals surface area contributed by atoms with Gasteiger partial charge in [0.25, 0.3) is 0 Å². The van der Waals surface area contributed by atoms with E-state index in [1.165, 1.54) is 40.2 Å². The van der Waals surface area contributed by atoms with Gasteiger partial charge in [-0.15, -0.1) is 11.3 Å². The number of thiophene rings is 1. The van der Waals surface area contributed by atoms with Gasteiger partial charge in [-0.1, -0.05) is 52.2 Å². The van der Waals surface area contributed by atoms with E-state index in [1.54, 1.807) is 0 Å². The van der Waals surface area contributed by atoms with E-state index in [4.69, 9.17) is 4.99 Å². The van der Waals surface area contributed by atoms with Crippen molar-refractivity contribution in [3.63, 3.8) is 0 Å². The molecule has 0 amide bonds. The summed E-state index contributed by atoms with van der Waals surface area (Å²) in [6.07, 6.45) is 16.4. The van der Waals surface area contributed by atoms with Crippen LogP contribution in [0.1, 0.15) is 96.2 Å². The third kappa shape index (κ3) is 16.5. The number of hydrogen-bond donors (Lipinski definition) is 0. The summed E-state index contributed by atoms with van der Waals surface area (Å²) in [5, 5.41) is 0. The maximum absolute atomic E-state index is 4.83. The van der Waals surface area contributed by atoms with E-state index in [2.05, 4.69) is 78.8 Å². The molecule has 0 fully saturated rings. The molecule has 1 rings (SSSR count). The number of nitrogens with zero attached hydrogens (tertiary/aromatic N) is 1. The zero-order valence-corrected chi connectivity index (χ0v) is 25.7. The normalized spacial score (nSPS) is 13.2. The second-order valence-electron chi connectivity index (χ2n) is 7.46. The zero-order chi connectivity index (χ0) is 22.1. The van der Waals surface area contributed by atoms with Crippen molar-refractivity contribution in [3.05, 3.63) is 66.5 Å². The Morgan fingerprint density at radius 1 is 1.16 bits per heavy atom. The molecule has 0 N–H and O–H groups in total. The van der Waals surface area contributed by atoms with E-state index in [1.807, 2.05) is 24.5 Å². The molecule has 0 aliphatic rings. The van der Waals surface area contributed by atoms with Gasteiger partial charge in [0.1, 0.15) is 0 Å². The average Bonchev–Trinajstić information content (AvgIpc) is 3.17. The first kappa shape index (κ1) is 35.8. The largest absolute Gasteiger partial charge is 1.00 e. The van der Waals surface area contributed by atoms with Gasteiger partial charge in [0, 0.05) is 11.1 Å². The van der Waals surface area contributed by atoms with E-state index >= 15 is 0 Å². The van der Waals surface area contributed by atoms with Crippen LogP contribution in [0, 0.1) is 27.2 Å². The molecule has 1 nitrogen and oxygen atoms in total. The minimum Gasteiger partial charge on any atom is -0.358 e. The molecular formula is C28H46KNS-2. The van der Waals surface area contributed by atoms with Crippen molar-refractivity contribution >= 4 is 29.3 Å². The van der Waals surface area contributed by atoms with Crippen molar-refractivity contribution in [2.75, 3.05) is 0 Å². The quantitative estimate of drug-likeness (QED) is 0.188. The van der Waals surface area contributed by atoms with Crippen LogP contribution < -0.4 is 51.4 Å². The average molecular weight is 468 g/mol. The van der Waals surface area contributed by atoms with E-state index in [0.717, 1.165) is 31.4 Å². The molecule has 1 unspecified atom stereocenters. The van der Waals surface area contributed by atoms with Crippen LogP contribution in [0.5, 0.6) is 0 Å².